The van der Waals surface area contributed by atoms with Crippen molar-refractivity contribution in [3.05, 3.63) is 0 Å². The third kappa shape index (κ3) is 30.0. The molecule has 0 aliphatic heterocycles. The fourth-order valence-electron chi connectivity index (χ4n) is 4.77. The van der Waals surface area contributed by atoms with Gasteiger partial charge in [0.25, 0.3) is 0 Å². The smallest absolute Gasteiger partial charge is 0.0822 e. The Hall–Kier alpha value is -0.0400. The molecule has 1 nitrogen and oxygen atoms in total. The molecule has 0 aliphatic rings. The maximum absolute atomic E-state index is 10.4. The summed E-state index contributed by atoms with van der Waals surface area (Å²) in [5.74, 6) is 0. The van der Waals surface area contributed by atoms with Crippen molar-refractivity contribution in [2.24, 2.45) is 0 Å². The third-order valence-corrected chi connectivity index (χ3v) is 7.00. The molecule has 0 spiro atoms. The summed E-state index contributed by atoms with van der Waals surface area (Å²) in [5.41, 5.74) is 0. The van der Waals surface area contributed by atoms with Crippen LogP contribution in [0, 0.1) is 0 Å². The second-order valence-corrected chi connectivity index (χ2v) is 10.3. The number of rotatable bonds is 28. The van der Waals surface area contributed by atoms with Crippen LogP contribution in [0.1, 0.15) is 187 Å². The number of hydrogen-bond acceptors (Lipinski definition) is 0. The maximum Gasteiger partial charge on any atom is 0.0822 e. The fourth-order valence-corrected chi connectivity index (χ4v) is 4.77. The van der Waals surface area contributed by atoms with Crippen LogP contribution in [-0.2, 0) is 5.11 Å². The van der Waals surface area contributed by atoms with E-state index >= 15 is 0 Å². The van der Waals surface area contributed by atoms with Crippen LogP contribution in [-0.4, -0.2) is 6.61 Å². The van der Waals surface area contributed by atoms with Crippen LogP contribution in [0.4, 0.5) is 0 Å². The molecular formula is C30H61O. The van der Waals surface area contributed by atoms with Crippen LogP contribution >= 0.6 is 0 Å². The largest absolute Gasteiger partial charge is 0.237 e. The minimum absolute atomic E-state index is 0.124. The minimum Gasteiger partial charge on any atom is -0.237 e. The van der Waals surface area contributed by atoms with E-state index in [9.17, 15) is 5.11 Å². The predicted octanol–water partition coefficient (Wildman–Crippen LogP) is 11.4. The van der Waals surface area contributed by atoms with E-state index in [-0.39, 0.29) is 6.61 Å². The van der Waals surface area contributed by atoms with E-state index in [0.29, 0.717) is 0 Å². The first-order valence-electron chi connectivity index (χ1n) is 15.0. The second-order valence-electron chi connectivity index (χ2n) is 10.3. The summed E-state index contributed by atoms with van der Waals surface area (Å²) in [7, 11) is 0. The highest BCUT2D eigenvalue weighted by atomic mass is 16.2. The Morgan fingerprint density at radius 2 is 0.419 bits per heavy atom. The Kier molecular flexibility index (Phi) is 29.9. The Morgan fingerprint density at radius 1 is 0.258 bits per heavy atom. The predicted molar refractivity (Wildman–Crippen MR) is 141 cm³/mol. The van der Waals surface area contributed by atoms with Crippen LogP contribution < -0.4 is 0 Å². The highest BCUT2D eigenvalue weighted by molar-refractivity contribution is 4.52. The molecule has 0 heterocycles. The molecule has 0 amide bonds. The van der Waals surface area contributed by atoms with Crippen LogP contribution in [0.2, 0.25) is 0 Å². The molecule has 0 N–H and O–H groups in total. The topological polar surface area (TPSA) is 19.9 Å². The summed E-state index contributed by atoms with van der Waals surface area (Å²) in [4.78, 5) is 0. The standard InChI is InChI=1S/C30H61O/c1-2-3-4-5-6-7-8-9-10-11-12-13-14-15-16-17-18-19-20-21-22-23-24-25-26-27-28-29-30-31/h2-30H2,1H3. The Labute approximate surface area is 198 Å². The minimum atomic E-state index is 0.124. The van der Waals surface area contributed by atoms with Crippen LogP contribution in [0.5, 0.6) is 0 Å². The van der Waals surface area contributed by atoms with Crippen molar-refractivity contribution < 1.29 is 5.11 Å². The Balaban J connectivity index is 2.98. The average Bonchev–Trinajstić information content (AvgIpc) is 2.78. The normalized spacial score (nSPS) is 11.4. The van der Waals surface area contributed by atoms with Gasteiger partial charge < -0.3 is 0 Å². The molecule has 0 atom stereocenters. The van der Waals surface area contributed by atoms with Gasteiger partial charge in [0, 0.05) is 0 Å². The molecule has 0 unspecified atom stereocenters. The molecule has 31 heavy (non-hydrogen) atoms. The first-order valence-corrected chi connectivity index (χ1v) is 15.0. The summed E-state index contributed by atoms with van der Waals surface area (Å²) >= 11 is 0. The van der Waals surface area contributed by atoms with Crippen molar-refractivity contribution in [1.82, 2.24) is 0 Å². The molecule has 1 radical (unpaired) electrons. The number of hydrogen-bond donors (Lipinski definition) is 0. The summed E-state index contributed by atoms with van der Waals surface area (Å²) in [6, 6.07) is 0. The van der Waals surface area contributed by atoms with Gasteiger partial charge in [-0.05, 0) is 6.42 Å². The van der Waals surface area contributed by atoms with Crippen molar-refractivity contribution in [1.29, 1.82) is 0 Å². The van der Waals surface area contributed by atoms with Gasteiger partial charge >= 0.3 is 0 Å². The molecule has 0 saturated heterocycles. The molecule has 0 aromatic heterocycles. The lowest BCUT2D eigenvalue weighted by molar-refractivity contribution is 0.186. The summed E-state index contributed by atoms with van der Waals surface area (Å²) < 4.78 is 0. The van der Waals surface area contributed by atoms with E-state index in [1.165, 1.54) is 167 Å². The van der Waals surface area contributed by atoms with Gasteiger partial charge in [0.1, 0.15) is 0 Å². The third-order valence-electron chi connectivity index (χ3n) is 7.00. The van der Waals surface area contributed by atoms with Gasteiger partial charge in [0.15, 0.2) is 0 Å². The van der Waals surface area contributed by atoms with Gasteiger partial charge in [-0.1, -0.05) is 180 Å². The molecule has 0 saturated carbocycles. The van der Waals surface area contributed by atoms with Crippen LogP contribution in [0.25, 0.3) is 0 Å². The second kappa shape index (κ2) is 30.0. The van der Waals surface area contributed by atoms with Crippen molar-refractivity contribution in [3.8, 4) is 0 Å². The molecule has 1 heteroatoms. The van der Waals surface area contributed by atoms with Gasteiger partial charge in [-0.25, -0.2) is 5.11 Å². The zero-order valence-electron chi connectivity index (χ0n) is 21.9. The highest BCUT2D eigenvalue weighted by Gasteiger charge is 1.96. The monoisotopic (exact) mass is 437 g/mol. The molecular weight excluding hydrogens is 376 g/mol. The van der Waals surface area contributed by atoms with Crippen molar-refractivity contribution in [2.75, 3.05) is 6.61 Å². The van der Waals surface area contributed by atoms with Gasteiger partial charge in [-0.3, -0.25) is 0 Å². The average molecular weight is 438 g/mol. The van der Waals surface area contributed by atoms with E-state index < -0.39 is 0 Å². The van der Waals surface area contributed by atoms with Gasteiger partial charge in [-0.15, -0.1) is 0 Å². The molecule has 0 aromatic rings. The maximum atomic E-state index is 10.4. The first kappa shape index (κ1) is 31.0. The molecule has 187 valence electrons. The first-order chi connectivity index (χ1) is 15.4. The zero-order valence-corrected chi connectivity index (χ0v) is 21.9. The van der Waals surface area contributed by atoms with Crippen molar-refractivity contribution in [2.45, 2.75) is 187 Å². The summed E-state index contributed by atoms with van der Waals surface area (Å²) in [6.07, 6.45) is 39.7. The highest BCUT2D eigenvalue weighted by Crippen LogP contribution is 2.16. The van der Waals surface area contributed by atoms with Crippen molar-refractivity contribution >= 4 is 0 Å². The molecule has 0 rings (SSSR count). The summed E-state index contributed by atoms with van der Waals surface area (Å²) in [6.45, 7) is 2.43. The van der Waals surface area contributed by atoms with E-state index in [1.807, 2.05) is 0 Å². The van der Waals surface area contributed by atoms with Crippen LogP contribution in [0.3, 0.4) is 0 Å². The molecule has 0 fully saturated rings. The van der Waals surface area contributed by atoms with Gasteiger partial charge in [-0.2, -0.15) is 0 Å². The van der Waals surface area contributed by atoms with Gasteiger partial charge in [0.05, 0.1) is 6.61 Å². The lowest BCUT2D eigenvalue weighted by Gasteiger charge is -2.04. The zero-order chi connectivity index (χ0) is 22.5. The lowest BCUT2D eigenvalue weighted by Crippen LogP contribution is -1.85. The van der Waals surface area contributed by atoms with Crippen molar-refractivity contribution in [3.63, 3.8) is 0 Å². The summed E-state index contributed by atoms with van der Waals surface area (Å²) in [5, 5.41) is 10.4. The Morgan fingerprint density at radius 3 is 0.581 bits per heavy atom. The SMILES string of the molecule is CCCCCCCCCCCCCCCCCCCCCCCCCCCCCC[O]. The number of unbranched alkanes of at least 4 members (excludes halogenated alkanes) is 27. The Bertz CT molecular complexity index is 260. The molecule has 0 bridgehead atoms. The lowest BCUT2D eigenvalue weighted by atomic mass is 10.0. The molecule has 0 aliphatic carbocycles. The van der Waals surface area contributed by atoms with E-state index in [2.05, 4.69) is 6.92 Å². The van der Waals surface area contributed by atoms with Gasteiger partial charge in [0.2, 0.25) is 0 Å². The molecule has 0 aromatic carbocycles. The van der Waals surface area contributed by atoms with Crippen LogP contribution in [0.15, 0.2) is 0 Å². The van der Waals surface area contributed by atoms with E-state index in [4.69, 9.17) is 0 Å². The van der Waals surface area contributed by atoms with E-state index in [1.54, 1.807) is 0 Å². The fraction of sp³-hybridized carbons (Fsp3) is 1.00. The quantitative estimate of drug-likeness (QED) is 0.108. The van der Waals surface area contributed by atoms with E-state index in [0.717, 1.165) is 12.8 Å².